The van der Waals surface area contributed by atoms with Gasteiger partial charge in [0.15, 0.2) is 18.1 Å². The molecule has 0 heterocycles. The first-order valence-electron chi connectivity index (χ1n) is 4.87. The number of carboxylic acid groups (broad SMARTS) is 1. The number of hydrogen-bond acceptors (Lipinski definition) is 4. The molecule has 0 aromatic heterocycles. The number of hydrogen-bond donors (Lipinski definition) is 2. The van der Waals surface area contributed by atoms with Crippen molar-refractivity contribution in [2.45, 2.75) is 0 Å². The Morgan fingerprint density at radius 1 is 1.35 bits per heavy atom. The van der Waals surface area contributed by atoms with Gasteiger partial charge in [-0.3, -0.25) is 9.59 Å². The molecule has 0 aliphatic rings. The standard InChI is InChI=1S/C11H13NO5/c1-12(6-11(15)16)10(14)7-17-9-5-3-2-4-8(9)13/h2-5,13H,6-7H2,1H3,(H,15,16). The molecule has 0 bridgehead atoms. The normalized spacial score (nSPS) is 9.71. The maximum absolute atomic E-state index is 11.4. The summed E-state index contributed by atoms with van der Waals surface area (Å²) in [4.78, 5) is 22.8. The molecular formula is C11H13NO5. The van der Waals surface area contributed by atoms with Crippen molar-refractivity contribution >= 4 is 11.9 Å². The van der Waals surface area contributed by atoms with Gasteiger partial charge >= 0.3 is 5.97 Å². The largest absolute Gasteiger partial charge is 0.504 e. The molecule has 0 aliphatic carbocycles. The quantitative estimate of drug-likeness (QED) is 0.772. The Morgan fingerprint density at radius 3 is 2.59 bits per heavy atom. The van der Waals surface area contributed by atoms with Gasteiger partial charge in [-0.25, -0.2) is 0 Å². The number of nitrogens with zero attached hydrogens (tertiary/aromatic N) is 1. The number of carboxylic acids is 1. The Balaban J connectivity index is 2.48. The maximum atomic E-state index is 11.4. The maximum Gasteiger partial charge on any atom is 0.323 e. The van der Waals surface area contributed by atoms with Gasteiger partial charge in [0.2, 0.25) is 0 Å². The molecule has 2 N–H and O–H groups in total. The van der Waals surface area contributed by atoms with Crippen LogP contribution in [0, 0.1) is 0 Å². The Labute approximate surface area is 98.0 Å². The Morgan fingerprint density at radius 2 is 2.00 bits per heavy atom. The molecule has 92 valence electrons. The van der Waals surface area contributed by atoms with E-state index in [9.17, 15) is 14.7 Å². The lowest BCUT2D eigenvalue weighted by atomic mass is 10.3. The number of rotatable bonds is 5. The van der Waals surface area contributed by atoms with Gasteiger partial charge in [-0.2, -0.15) is 0 Å². The summed E-state index contributed by atoms with van der Waals surface area (Å²) >= 11 is 0. The number of carbonyl (C=O) groups is 2. The van der Waals surface area contributed by atoms with Crippen LogP contribution in [-0.2, 0) is 9.59 Å². The second kappa shape index (κ2) is 5.74. The summed E-state index contributed by atoms with van der Waals surface area (Å²) in [6, 6.07) is 6.22. The topological polar surface area (TPSA) is 87.1 Å². The minimum absolute atomic E-state index is 0.0683. The van der Waals surface area contributed by atoms with Crippen LogP contribution in [0.4, 0.5) is 0 Å². The fraction of sp³-hybridized carbons (Fsp3) is 0.273. The lowest BCUT2D eigenvalue weighted by Crippen LogP contribution is -2.35. The molecule has 6 heteroatoms. The summed E-state index contributed by atoms with van der Waals surface area (Å²) in [5, 5.41) is 17.9. The van der Waals surface area contributed by atoms with Crippen molar-refractivity contribution in [1.82, 2.24) is 4.90 Å². The molecule has 6 nitrogen and oxygen atoms in total. The highest BCUT2D eigenvalue weighted by molar-refractivity contribution is 5.82. The van der Waals surface area contributed by atoms with E-state index < -0.39 is 11.9 Å². The summed E-state index contributed by atoms with van der Waals surface area (Å²) in [7, 11) is 1.37. The third-order valence-electron chi connectivity index (χ3n) is 2.01. The number of likely N-dealkylation sites (N-methyl/N-ethyl adjacent to an activating group) is 1. The monoisotopic (exact) mass is 239 g/mol. The van der Waals surface area contributed by atoms with Crippen LogP contribution >= 0.6 is 0 Å². The third-order valence-corrected chi connectivity index (χ3v) is 2.01. The number of carbonyl (C=O) groups excluding carboxylic acids is 1. The van der Waals surface area contributed by atoms with E-state index in [0.717, 1.165) is 4.90 Å². The highest BCUT2D eigenvalue weighted by Gasteiger charge is 2.13. The van der Waals surface area contributed by atoms with Crippen molar-refractivity contribution in [2.24, 2.45) is 0 Å². The second-order valence-electron chi connectivity index (χ2n) is 3.40. The van der Waals surface area contributed by atoms with E-state index in [1.807, 2.05) is 0 Å². The van der Waals surface area contributed by atoms with Crippen molar-refractivity contribution in [2.75, 3.05) is 20.2 Å². The first-order valence-corrected chi connectivity index (χ1v) is 4.87. The minimum Gasteiger partial charge on any atom is -0.504 e. The number of phenolic OH excluding ortho intramolecular Hbond substituents is 1. The minimum atomic E-state index is -1.09. The molecule has 0 aliphatic heterocycles. The number of aromatic hydroxyl groups is 1. The van der Waals surface area contributed by atoms with E-state index in [2.05, 4.69) is 0 Å². The van der Waals surface area contributed by atoms with Crippen LogP contribution in [-0.4, -0.2) is 47.2 Å². The zero-order valence-electron chi connectivity index (χ0n) is 9.29. The number of phenols is 1. The van der Waals surface area contributed by atoms with E-state index in [0.29, 0.717) is 0 Å². The highest BCUT2D eigenvalue weighted by Crippen LogP contribution is 2.24. The molecule has 1 aromatic rings. The molecule has 0 spiro atoms. The molecule has 0 unspecified atom stereocenters. The molecule has 0 saturated heterocycles. The summed E-state index contributed by atoms with van der Waals surface area (Å²) in [5.41, 5.74) is 0. The van der Waals surface area contributed by atoms with Gasteiger partial charge in [0, 0.05) is 7.05 Å². The molecule has 17 heavy (non-hydrogen) atoms. The SMILES string of the molecule is CN(CC(=O)O)C(=O)COc1ccccc1O. The highest BCUT2D eigenvalue weighted by atomic mass is 16.5. The Bertz CT molecular complexity index is 418. The predicted molar refractivity (Wildman–Crippen MR) is 58.9 cm³/mol. The molecule has 1 rings (SSSR count). The van der Waals surface area contributed by atoms with Gasteiger partial charge in [-0.1, -0.05) is 12.1 Å². The number of aliphatic carboxylic acids is 1. The van der Waals surface area contributed by atoms with Crippen molar-refractivity contribution < 1.29 is 24.5 Å². The van der Waals surface area contributed by atoms with Crippen LogP contribution in [0.25, 0.3) is 0 Å². The van der Waals surface area contributed by atoms with E-state index in [1.54, 1.807) is 12.1 Å². The lowest BCUT2D eigenvalue weighted by Gasteiger charge is -2.15. The fourth-order valence-electron chi connectivity index (χ4n) is 1.12. The van der Waals surface area contributed by atoms with Crippen molar-refractivity contribution in [3.8, 4) is 11.5 Å². The van der Waals surface area contributed by atoms with E-state index in [-0.39, 0.29) is 24.7 Å². The van der Waals surface area contributed by atoms with Crippen LogP contribution in [0.3, 0.4) is 0 Å². The zero-order chi connectivity index (χ0) is 12.8. The smallest absolute Gasteiger partial charge is 0.323 e. The number of para-hydroxylation sites is 2. The number of ether oxygens (including phenoxy) is 1. The van der Waals surface area contributed by atoms with Crippen LogP contribution in [0.2, 0.25) is 0 Å². The predicted octanol–water partition coefficient (Wildman–Crippen LogP) is 0.314. The number of benzene rings is 1. The van der Waals surface area contributed by atoms with Crippen molar-refractivity contribution in [1.29, 1.82) is 0 Å². The molecule has 0 fully saturated rings. The fourth-order valence-corrected chi connectivity index (χ4v) is 1.12. The zero-order valence-corrected chi connectivity index (χ0v) is 9.29. The molecule has 0 saturated carbocycles. The summed E-state index contributed by atoms with van der Waals surface area (Å²) in [6.45, 7) is -0.704. The van der Waals surface area contributed by atoms with E-state index in [4.69, 9.17) is 9.84 Å². The van der Waals surface area contributed by atoms with Crippen molar-refractivity contribution in [3.63, 3.8) is 0 Å². The van der Waals surface area contributed by atoms with Gasteiger partial charge in [0.25, 0.3) is 5.91 Å². The third kappa shape index (κ3) is 4.02. The van der Waals surface area contributed by atoms with Gasteiger partial charge in [-0.15, -0.1) is 0 Å². The lowest BCUT2D eigenvalue weighted by molar-refractivity contribution is -0.144. The first-order chi connectivity index (χ1) is 8.00. The molecule has 1 amide bonds. The second-order valence-corrected chi connectivity index (χ2v) is 3.40. The van der Waals surface area contributed by atoms with Crippen LogP contribution in [0.15, 0.2) is 24.3 Å². The van der Waals surface area contributed by atoms with Gasteiger partial charge in [0.1, 0.15) is 6.54 Å². The van der Waals surface area contributed by atoms with E-state index >= 15 is 0 Å². The van der Waals surface area contributed by atoms with Crippen LogP contribution in [0.1, 0.15) is 0 Å². The molecule has 0 atom stereocenters. The van der Waals surface area contributed by atoms with Crippen LogP contribution in [0.5, 0.6) is 11.5 Å². The summed E-state index contributed by atoms with van der Waals surface area (Å²) in [5.74, 6) is -1.45. The summed E-state index contributed by atoms with van der Waals surface area (Å²) in [6.07, 6.45) is 0. The molecule has 1 aromatic carbocycles. The van der Waals surface area contributed by atoms with Crippen LogP contribution < -0.4 is 4.74 Å². The average molecular weight is 239 g/mol. The Kier molecular flexibility index (Phi) is 4.33. The number of amides is 1. The first kappa shape index (κ1) is 12.8. The van der Waals surface area contributed by atoms with Gasteiger partial charge in [0.05, 0.1) is 0 Å². The Hall–Kier alpha value is -2.24. The van der Waals surface area contributed by atoms with E-state index in [1.165, 1.54) is 19.2 Å². The molecular weight excluding hydrogens is 226 g/mol. The van der Waals surface area contributed by atoms with Gasteiger partial charge < -0.3 is 19.8 Å². The molecule has 0 radical (unpaired) electrons. The van der Waals surface area contributed by atoms with Gasteiger partial charge in [-0.05, 0) is 12.1 Å². The van der Waals surface area contributed by atoms with Crippen molar-refractivity contribution in [3.05, 3.63) is 24.3 Å². The summed E-state index contributed by atoms with van der Waals surface area (Å²) < 4.78 is 5.07. The average Bonchev–Trinajstić information content (AvgIpc) is 2.26.